The van der Waals surface area contributed by atoms with E-state index in [0.29, 0.717) is 12.8 Å². The second-order valence-corrected chi connectivity index (χ2v) is 5.22. The maximum atomic E-state index is 13.7. The maximum absolute atomic E-state index is 13.7. The number of rotatable bonds is 3. The molecule has 2 amide bonds. The molecule has 114 valence electrons. The van der Waals surface area contributed by atoms with Gasteiger partial charge in [0.2, 0.25) is 5.91 Å². The third-order valence-corrected chi connectivity index (χ3v) is 3.88. The Morgan fingerprint density at radius 2 is 2.00 bits per heavy atom. The van der Waals surface area contributed by atoms with E-state index in [-0.39, 0.29) is 23.4 Å². The minimum atomic E-state index is -0.778. The van der Waals surface area contributed by atoms with Crippen LogP contribution in [0.2, 0.25) is 0 Å². The summed E-state index contributed by atoms with van der Waals surface area (Å²) in [6.07, 6.45) is 3.18. The molecule has 0 saturated heterocycles. The van der Waals surface area contributed by atoms with Crippen LogP contribution in [-0.2, 0) is 4.79 Å². The first-order valence-electron chi connectivity index (χ1n) is 7.04. The Hall–Kier alpha value is -2.11. The summed E-state index contributed by atoms with van der Waals surface area (Å²) in [6, 6.07) is 3.36. The lowest BCUT2D eigenvalue weighted by Crippen LogP contribution is -2.47. The first-order valence-corrected chi connectivity index (χ1v) is 7.04. The van der Waals surface area contributed by atoms with Crippen LogP contribution in [0.15, 0.2) is 18.2 Å². The van der Waals surface area contributed by atoms with Crippen molar-refractivity contribution in [2.75, 3.05) is 7.05 Å². The molecule has 1 aliphatic rings. The normalized spacial score (nSPS) is 21.6. The lowest BCUT2D eigenvalue weighted by Gasteiger charge is -2.31. The molecule has 0 bridgehead atoms. The molecule has 0 radical (unpaired) electrons. The van der Waals surface area contributed by atoms with Crippen LogP contribution in [0.4, 0.5) is 4.39 Å². The van der Waals surface area contributed by atoms with E-state index in [1.165, 1.54) is 12.1 Å². The number of amides is 2. The molecule has 1 aromatic rings. The molecule has 5 nitrogen and oxygen atoms in total. The molecular weight excluding hydrogens is 275 g/mol. The Labute approximate surface area is 122 Å². The Morgan fingerprint density at radius 3 is 2.67 bits per heavy atom. The first kappa shape index (κ1) is 15.3. The average molecular weight is 294 g/mol. The molecule has 1 aromatic carbocycles. The maximum Gasteiger partial charge on any atom is 0.258 e. The number of phenols is 1. The molecule has 2 atom stereocenters. The summed E-state index contributed by atoms with van der Waals surface area (Å²) < 4.78 is 13.7. The number of aromatic hydroxyl groups is 1. The molecule has 21 heavy (non-hydrogen) atoms. The highest BCUT2D eigenvalue weighted by Crippen LogP contribution is 2.26. The molecule has 0 heterocycles. The Bertz CT molecular complexity index is 527. The summed E-state index contributed by atoms with van der Waals surface area (Å²) >= 11 is 0. The monoisotopic (exact) mass is 294 g/mol. The standard InChI is InChI=1S/C15H19FN2O3/c1-17-14(20)9-5-2-3-7-11(9)18-15(21)13-10(16)6-4-8-12(13)19/h4,6,8-9,11,19H,2-3,5,7H2,1H3,(H,17,20)(H,18,21)/t9-,11+/m0/s1. The van der Waals surface area contributed by atoms with Crippen LogP contribution in [-0.4, -0.2) is 30.0 Å². The van der Waals surface area contributed by atoms with Gasteiger partial charge in [-0.05, 0) is 25.0 Å². The number of carbonyl (C=O) groups excluding carboxylic acids is 2. The fraction of sp³-hybridized carbons (Fsp3) is 0.467. The molecule has 1 saturated carbocycles. The van der Waals surface area contributed by atoms with Crippen molar-refractivity contribution in [2.24, 2.45) is 5.92 Å². The van der Waals surface area contributed by atoms with Gasteiger partial charge < -0.3 is 15.7 Å². The van der Waals surface area contributed by atoms with Gasteiger partial charge in [0.1, 0.15) is 17.1 Å². The molecule has 3 N–H and O–H groups in total. The Morgan fingerprint density at radius 1 is 1.29 bits per heavy atom. The van der Waals surface area contributed by atoms with E-state index in [9.17, 15) is 19.1 Å². The second-order valence-electron chi connectivity index (χ2n) is 5.22. The van der Waals surface area contributed by atoms with Gasteiger partial charge in [-0.15, -0.1) is 0 Å². The van der Waals surface area contributed by atoms with E-state index >= 15 is 0 Å². The fourth-order valence-corrected chi connectivity index (χ4v) is 2.78. The van der Waals surface area contributed by atoms with Gasteiger partial charge in [-0.3, -0.25) is 9.59 Å². The highest BCUT2D eigenvalue weighted by molar-refractivity contribution is 5.97. The molecular formula is C15H19FN2O3. The van der Waals surface area contributed by atoms with Gasteiger partial charge in [-0.2, -0.15) is 0 Å². The molecule has 1 aliphatic carbocycles. The van der Waals surface area contributed by atoms with Crippen molar-refractivity contribution < 1.29 is 19.1 Å². The molecule has 6 heteroatoms. The topological polar surface area (TPSA) is 78.4 Å². The third-order valence-electron chi connectivity index (χ3n) is 3.88. The lowest BCUT2D eigenvalue weighted by molar-refractivity contribution is -0.126. The molecule has 0 aliphatic heterocycles. The fourth-order valence-electron chi connectivity index (χ4n) is 2.78. The highest BCUT2D eigenvalue weighted by atomic mass is 19.1. The van der Waals surface area contributed by atoms with Crippen LogP contribution in [0, 0.1) is 11.7 Å². The van der Waals surface area contributed by atoms with Crippen molar-refractivity contribution in [1.82, 2.24) is 10.6 Å². The first-order chi connectivity index (χ1) is 10.0. The summed E-state index contributed by atoms with van der Waals surface area (Å²) in [6.45, 7) is 0. The van der Waals surface area contributed by atoms with Gasteiger partial charge in [-0.25, -0.2) is 4.39 Å². The van der Waals surface area contributed by atoms with Crippen molar-refractivity contribution >= 4 is 11.8 Å². The smallest absolute Gasteiger partial charge is 0.258 e. The van der Waals surface area contributed by atoms with Crippen molar-refractivity contribution in [1.29, 1.82) is 0 Å². The van der Waals surface area contributed by atoms with Crippen LogP contribution >= 0.6 is 0 Å². The van der Waals surface area contributed by atoms with Gasteiger partial charge >= 0.3 is 0 Å². The van der Waals surface area contributed by atoms with Gasteiger partial charge in [-0.1, -0.05) is 18.9 Å². The number of benzene rings is 1. The Kier molecular flexibility index (Phi) is 4.77. The minimum Gasteiger partial charge on any atom is -0.507 e. The largest absolute Gasteiger partial charge is 0.507 e. The minimum absolute atomic E-state index is 0.127. The van der Waals surface area contributed by atoms with E-state index in [2.05, 4.69) is 10.6 Å². The summed E-state index contributed by atoms with van der Waals surface area (Å²) in [5.41, 5.74) is -0.376. The zero-order valence-electron chi connectivity index (χ0n) is 11.9. The van der Waals surface area contributed by atoms with Gasteiger partial charge in [0.05, 0.1) is 5.92 Å². The van der Waals surface area contributed by atoms with Crippen LogP contribution in [0.25, 0.3) is 0 Å². The van der Waals surface area contributed by atoms with Crippen LogP contribution in [0.1, 0.15) is 36.0 Å². The van der Waals surface area contributed by atoms with Crippen molar-refractivity contribution in [3.05, 3.63) is 29.6 Å². The van der Waals surface area contributed by atoms with Gasteiger partial charge in [0.15, 0.2) is 0 Å². The number of carbonyl (C=O) groups is 2. The SMILES string of the molecule is CNC(=O)[C@H]1CCCC[C@H]1NC(=O)c1c(O)cccc1F. The third kappa shape index (κ3) is 3.32. The molecule has 0 unspecified atom stereocenters. The zero-order valence-corrected chi connectivity index (χ0v) is 11.9. The van der Waals surface area contributed by atoms with Crippen molar-refractivity contribution in [3.63, 3.8) is 0 Å². The van der Waals surface area contributed by atoms with E-state index in [1.54, 1.807) is 7.05 Å². The number of hydrogen-bond donors (Lipinski definition) is 3. The predicted molar refractivity (Wildman–Crippen MR) is 75.3 cm³/mol. The summed E-state index contributed by atoms with van der Waals surface area (Å²) in [7, 11) is 1.55. The molecule has 1 fully saturated rings. The van der Waals surface area contributed by atoms with E-state index in [0.717, 1.165) is 18.9 Å². The molecule has 0 aromatic heterocycles. The predicted octanol–water partition coefficient (Wildman–Crippen LogP) is 1.57. The number of hydrogen-bond acceptors (Lipinski definition) is 3. The van der Waals surface area contributed by atoms with E-state index < -0.39 is 17.5 Å². The van der Waals surface area contributed by atoms with Gasteiger partial charge in [0, 0.05) is 13.1 Å². The van der Waals surface area contributed by atoms with Crippen molar-refractivity contribution in [2.45, 2.75) is 31.7 Å². The van der Waals surface area contributed by atoms with E-state index in [1.807, 2.05) is 0 Å². The van der Waals surface area contributed by atoms with Crippen LogP contribution < -0.4 is 10.6 Å². The molecule has 2 rings (SSSR count). The zero-order chi connectivity index (χ0) is 15.4. The summed E-state index contributed by atoms with van der Waals surface area (Å²) in [5.74, 6) is -2.31. The summed E-state index contributed by atoms with van der Waals surface area (Å²) in [4.78, 5) is 24.0. The van der Waals surface area contributed by atoms with Crippen LogP contribution in [0.5, 0.6) is 5.75 Å². The average Bonchev–Trinajstić information content (AvgIpc) is 2.47. The van der Waals surface area contributed by atoms with Gasteiger partial charge in [0.25, 0.3) is 5.91 Å². The molecule has 0 spiro atoms. The number of halogens is 1. The second kappa shape index (κ2) is 6.56. The van der Waals surface area contributed by atoms with Crippen LogP contribution in [0.3, 0.4) is 0 Å². The Balaban J connectivity index is 2.15. The quantitative estimate of drug-likeness (QED) is 0.791. The van der Waals surface area contributed by atoms with E-state index in [4.69, 9.17) is 0 Å². The number of phenolic OH excluding ortho intramolecular Hbond substituents is 1. The number of nitrogens with one attached hydrogen (secondary N) is 2. The van der Waals surface area contributed by atoms with Crippen molar-refractivity contribution in [3.8, 4) is 5.75 Å². The highest BCUT2D eigenvalue weighted by Gasteiger charge is 2.32. The summed E-state index contributed by atoms with van der Waals surface area (Å²) in [5, 5.41) is 14.9. The lowest BCUT2D eigenvalue weighted by atomic mass is 9.83.